The van der Waals surface area contributed by atoms with Crippen LogP contribution in [0.2, 0.25) is 0 Å². The van der Waals surface area contributed by atoms with E-state index in [2.05, 4.69) is 37.7 Å². The van der Waals surface area contributed by atoms with E-state index in [0.717, 1.165) is 36.9 Å². The van der Waals surface area contributed by atoms with Crippen LogP contribution >= 0.6 is 15.9 Å². The number of hydrogen-bond acceptors (Lipinski definition) is 4. The Morgan fingerprint density at radius 3 is 2.45 bits per heavy atom. The van der Waals surface area contributed by atoms with E-state index in [1.807, 2.05) is 12.1 Å². The van der Waals surface area contributed by atoms with Gasteiger partial charge < -0.3 is 0 Å². The maximum absolute atomic E-state index is 12.8. The van der Waals surface area contributed by atoms with E-state index in [4.69, 9.17) is 0 Å². The van der Waals surface area contributed by atoms with Gasteiger partial charge in [-0.3, -0.25) is 14.0 Å². The first-order chi connectivity index (χ1) is 14.7. The highest BCUT2D eigenvalue weighted by molar-refractivity contribution is 9.10. The molecule has 0 atom stereocenters. The summed E-state index contributed by atoms with van der Waals surface area (Å²) in [4.78, 5) is 14.7. The summed E-state index contributed by atoms with van der Waals surface area (Å²) in [7, 11) is -0.302. The van der Waals surface area contributed by atoms with Gasteiger partial charge in [-0.05, 0) is 67.7 Å². The van der Waals surface area contributed by atoms with Gasteiger partial charge in [-0.2, -0.15) is 0 Å². The van der Waals surface area contributed by atoms with Crippen LogP contribution in [0.4, 0.5) is 0 Å². The molecule has 0 radical (unpaired) electrons. The molecule has 0 aliphatic carbocycles. The molecule has 1 saturated heterocycles. The molecule has 31 heavy (non-hydrogen) atoms. The summed E-state index contributed by atoms with van der Waals surface area (Å²) in [6.07, 6.45) is 1.92. The Kier molecular flexibility index (Phi) is 6.39. The molecule has 2 heterocycles. The number of aromatic nitrogens is 2. The molecule has 1 aromatic heterocycles. The van der Waals surface area contributed by atoms with Gasteiger partial charge >= 0.3 is 5.69 Å². The summed E-state index contributed by atoms with van der Waals surface area (Å²) < 4.78 is 32.5. The number of hydrogen-bond donors (Lipinski definition) is 1. The second kappa shape index (κ2) is 8.90. The van der Waals surface area contributed by atoms with Crippen molar-refractivity contribution in [3.05, 3.63) is 63.0 Å². The van der Waals surface area contributed by atoms with E-state index in [1.54, 1.807) is 32.3 Å². The van der Waals surface area contributed by atoms with Crippen LogP contribution in [-0.2, 0) is 30.7 Å². The molecule has 0 spiro atoms. The number of nitrogens with zero attached hydrogens (tertiary/aromatic N) is 3. The first-order valence-electron chi connectivity index (χ1n) is 10.4. The summed E-state index contributed by atoms with van der Waals surface area (Å²) in [5.74, 6) is 0.318. The number of benzene rings is 2. The molecule has 9 heteroatoms. The van der Waals surface area contributed by atoms with Crippen molar-refractivity contribution < 1.29 is 8.42 Å². The number of rotatable bonds is 6. The molecule has 4 rings (SSSR count). The summed E-state index contributed by atoms with van der Waals surface area (Å²) in [5.41, 5.74) is 2.42. The molecule has 7 nitrogen and oxygen atoms in total. The second-order valence-electron chi connectivity index (χ2n) is 8.25. The van der Waals surface area contributed by atoms with E-state index < -0.39 is 10.0 Å². The zero-order valence-electron chi connectivity index (χ0n) is 17.7. The van der Waals surface area contributed by atoms with E-state index in [-0.39, 0.29) is 10.6 Å². The molecule has 1 N–H and O–H groups in total. The Balaban J connectivity index is 1.35. The predicted molar refractivity (Wildman–Crippen MR) is 125 cm³/mol. The van der Waals surface area contributed by atoms with Crippen LogP contribution in [0.25, 0.3) is 11.0 Å². The maximum atomic E-state index is 12.8. The zero-order valence-corrected chi connectivity index (χ0v) is 20.1. The summed E-state index contributed by atoms with van der Waals surface area (Å²) in [6, 6.07) is 13.2. The fourth-order valence-electron chi connectivity index (χ4n) is 4.21. The standard InChI is InChI=1S/C22H27BrN4O3S/c1-25-20-7-6-19(13-21(20)26(2)22(25)28)31(29,30)24-14-16-8-10-27(11-9-16)15-17-4-3-5-18(23)12-17/h3-7,12-13,16,24H,8-11,14-15H2,1-2H3. The van der Waals surface area contributed by atoms with Gasteiger partial charge in [-0.1, -0.05) is 28.1 Å². The molecule has 0 saturated carbocycles. The van der Waals surface area contributed by atoms with Gasteiger partial charge in [0.05, 0.1) is 15.9 Å². The van der Waals surface area contributed by atoms with Gasteiger partial charge in [0.15, 0.2) is 0 Å². The maximum Gasteiger partial charge on any atom is 0.328 e. The van der Waals surface area contributed by atoms with Crippen molar-refractivity contribution in [3.63, 3.8) is 0 Å². The minimum atomic E-state index is -3.63. The average molecular weight is 507 g/mol. The lowest BCUT2D eigenvalue weighted by molar-refractivity contribution is 0.178. The largest absolute Gasteiger partial charge is 0.328 e. The van der Waals surface area contributed by atoms with Crippen molar-refractivity contribution in [3.8, 4) is 0 Å². The zero-order chi connectivity index (χ0) is 22.2. The van der Waals surface area contributed by atoms with Crippen molar-refractivity contribution in [1.82, 2.24) is 18.8 Å². The molecule has 0 amide bonds. The van der Waals surface area contributed by atoms with Gasteiger partial charge in [-0.15, -0.1) is 0 Å². The molecule has 0 unspecified atom stereocenters. The van der Waals surface area contributed by atoms with Crippen LogP contribution in [0.1, 0.15) is 18.4 Å². The number of sulfonamides is 1. The fourth-order valence-corrected chi connectivity index (χ4v) is 5.79. The van der Waals surface area contributed by atoms with Crippen LogP contribution < -0.4 is 10.4 Å². The third-order valence-corrected chi connectivity index (χ3v) is 8.03. The lowest BCUT2D eigenvalue weighted by Crippen LogP contribution is -2.38. The Hall–Kier alpha value is -1.94. The van der Waals surface area contributed by atoms with E-state index in [1.165, 1.54) is 14.7 Å². The number of fused-ring (bicyclic) bond motifs is 1. The lowest BCUT2D eigenvalue weighted by Gasteiger charge is -2.32. The minimum Gasteiger partial charge on any atom is -0.299 e. The van der Waals surface area contributed by atoms with E-state index in [0.29, 0.717) is 23.5 Å². The first kappa shape index (κ1) is 22.3. The number of halogens is 1. The monoisotopic (exact) mass is 506 g/mol. The van der Waals surface area contributed by atoms with E-state index >= 15 is 0 Å². The van der Waals surface area contributed by atoms with Gasteiger partial charge in [-0.25, -0.2) is 17.9 Å². The van der Waals surface area contributed by atoms with Crippen molar-refractivity contribution in [2.45, 2.75) is 24.3 Å². The van der Waals surface area contributed by atoms with E-state index in [9.17, 15) is 13.2 Å². The second-order valence-corrected chi connectivity index (χ2v) is 10.9. The Labute approximate surface area is 190 Å². The molecule has 3 aromatic rings. The van der Waals surface area contributed by atoms with Crippen LogP contribution in [0.15, 0.2) is 56.6 Å². The topological polar surface area (TPSA) is 76.3 Å². The number of nitrogens with one attached hydrogen (secondary N) is 1. The van der Waals surface area contributed by atoms with Crippen molar-refractivity contribution >= 4 is 37.0 Å². The van der Waals surface area contributed by atoms with Crippen molar-refractivity contribution in [2.75, 3.05) is 19.6 Å². The highest BCUT2D eigenvalue weighted by Crippen LogP contribution is 2.22. The highest BCUT2D eigenvalue weighted by atomic mass is 79.9. The molecule has 1 aliphatic heterocycles. The SMILES string of the molecule is Cn1c(=O)n(C)c2cc(S(=O)(=O)NCC3CCN(Cc4cccc(Br)c4)CC3)ccc21. The number of imidazole rings is 1. The third-order valence-electron chi connectivity index (χ3n) is 6.12. The molecular weight excluding hydrogens is 480 g/mol. The summed E-state index contributed by atoms with van der Waals surface area (Å²) in [5, 5.41) is 0. The van der Waals surface area contributed by atoms with Gasteiger partial charge in [0.25, 0.3) is 0 Å². The Morgan fingerprint density at radius 2 is 1.74 bits per heavy atom. The van der Waals surface area contributed by atoms with Crippen LogP contribution in [0.5, 0.6) is 0 Å². The van der Waals surface area contributed by atoms with Crippen molar-refractivity contribution in [2.24, 2.45) is 20.0 Å². The molecule has 1 fully saturated rings. The normalized spacial score (nSPS) is 16.2. The number of piperidine rings is 1. The smallest absolute Gasteiger partial charge is 0.299 e. The minimum absolute atomic E-state index is 0.174. The van der Waals surface area contributed by atoms with Crippen molar-refractivity contribution in [1.29, 1.82) is 0 Å². The van der Waals surface area contributed by atoms with Gasteiger partial charge in [0.1, 0.15) is 0 Å². The third kappa shape index (κ3) is 4.79. The highest BCUT2D eigenvalue weighted by Gasteiger charge is 2.23. The lowest BCUT2D eigenvalue weighted by atomic mass is 9.97. The van der Waals surface area contributed by atoms with Crippen LogP contribution in [-0.4, -0.2) is 42.1 Å². The average Bonchev–Trinajstić information content (AvgIpc) is 2.97. The van der Waals surface area contributed by atoms with Crippen LogP contribution in [0.3, 0.4) is 0 Å². The summed E-state index contributed by atoms with van der Waals surface area (Å²) in [6.45, 7) is 3.25. The van der Waals surface area contributed by atoms with Gasteiger partial charge in [0.2, 0.25) is 10.0 Å². The summed E-state index contributed by atoms with van der Waals surface area (Å²) >= 11 is 3.52. The number of aryl methyl sites for hydroxylation is 2. The predicted octanol–water partition coefficient (Wildman–Crippen LogP) is 2.83. The van der Waals surface area contributed by atoms with Gasteiger partial charge in [0, 0.05) is 31.7 Å². The Bertz CT molecular complexity index is 1260. The molecule has 1 aliphatic rings. The van der Waals surface area contributed by atoms with Crippen LogP contribution in [0, 0.1) is 5.92 Å². The molecule has 0 bridgehead atoms. The Morgan fingerprint density at radius 1 is 1.03 bits per heavy atom. The fraction of sp³-hybridized carbons (Fsp3) is 0.409. The molecule has 2 aromatic carbocycles. The first-order valence-corrected chi connectivity index (χ1v) is 12.6. The molecular formula is C22H27BrN4O3S. The molecule has 166 valence electrons. The quantitative estimate of drug-likeness (QED) is 0.557. The number of likely N-dealkylation sites (tertiary alicyclic amines) is 1.